The lowest BCUT2D eigenvalue weighted by atomic mass is 10.2. The highest BCUT2D eigenvalue weighted by Gasteiger charge is 2.21. The van der Waals surface area contributed by atoms with Crippen molar-refractivity contribution in [1.82, 2.24) is 15.1 Å². The first-order valence-corrected chi connectivity index (χ1v) is 7.62. The minimum absolute atomic E-state index is 0.505. The Morgan fingerprint density at radius 2 is 2.00 bits per heavy atom. The molecule has 1 N–H and O–H groups in total. The fourth-order valence-electron chi connectivity index (χ4n) is 2.47. The molecule has 1 saturated carbocycles. The largest absolute Gasteiger partial charge is 0.355 e. The molecule has 0 saturated heterocycles. The molecule has 1 aliphatic carbocycles. The van der Waals surface area contributed by atoms with Crippen LogP contribution in [-0.2, 0) is 24.6 Å². The van der Waals surface area contributed by atoms with E-state index in [4.69, 9.17) is 4.74 Å². The minimum Gasteiger partial charge on any atom is -0.355 e. The van der Waals surface area contributed by atoms with Gasteiger partial charge in [0.2, 0.25) is 0 Å². The van der Waals surface area contributed by atoms with Crippen LogP contribution in [0.1, 0.15) is 35.4 Å². The van der Waals surface area contributed by atoms with Crippen molar-refractivity contribution < 1.29 is 4.74 Å². The standard InChI is InChI=1S/C17H23N3O/c1-13-17(10-18-16-8-9-16)14(2)20(19-13)12-21-11-15-6-4-3-5-7-15/h3-7,16,18H,8-12H2,1-2H3. The molecule has 0 unspecified atom stereocenters. The Kier molecular flexibility index (Phi) is 4.36. The van der Waals surface area contributed by atoms with Gasteiger partial charge in [0.05, 0.1) is 12.3 Å². The van der Waals surface area contributed by atoms with Crippen LogP contribution in [0.25, 0.3) is 0 Å². The van der Waals surface area contributed by atoms with E-state index in [1.54, 1.807) is 0 Å². The number of nitrogens with one attached hydrogen (secondary N) is 1. The molecule has 0 atom stereocenters. The molecule has 0 spiro atoms. The van der Waals surface area contributed by atoms with Crippen LogP contribution in [-0.4, -0.2) is 15.8 Å². The Hall–Kier alpha value is -1.65. The van der Waals surface area contributed by atoms with Crippen molar-refractivity contribution in [3.8, 4) is 0 Å². The number of hydrogen-bond acceptors (Lipinski definition) is 3. The molecule has 2 aromatic rings. The topological polar surface area (TPSA) is 39.1 Å². The van der Waals surface area contributed by atoms with Crippen molar-refractivity contribution in [3.63, 3.8) is 0 Å². The lowest BCUT2D eigenvalue weighted by molar-refractivity contribution is 0.0546. The number of nitrogens with zero attached hydrogens (tertiary/aromatic N) is 2. The summed E-state index contributed by atoms with van der Waals surface area (Å²) >= 11 is 0. The van der Waals surface area contributed by atoms with Crippen LogP contribution in [0.4, 0.5) is 0 Å². The van der Waals surface area contributed by atoms with Crippen LogP contribution in [0, 0.1) is 13.8 Å². The van der Waals surface area contributed by atoms with Gasteiger partial charge in [-0.1, -0.05) is 30.3 Å². The molecular formula is C17H23N3O. The minimum atomic E-state index is 0.505. The van der Waals surface area contributed by atoms with Crippen molar-refractivity contribution in [2.24, 2.45) is 0 Å². The zero-order valence-corrected chi connectivity index (χ0v) is 12.8. The summed E-state index contributed by atoms with van der Waals surface area (Å²) in [5.74, 6) is 0. The van der Waals surface area contributed by atoms with E-state index in [2.05, 4.69) is 36.4 Å². The van der Waals surface area contributed by atoms with Gasteiger partial charge < -0.3 is 10.1 Å². The van der Waals surface area contributed by atoms with Crippen molar-refractivity contribution >= 4 is 0 Å². The average molecular weight is 285 g/mol. The van der Waals surface area contributed by atoms with Gasteiger partial charge >= 0.3 is 0 Å². The molecular weight excluding hydrogens is 262 g/mol. The van der Waals surface area contributed by atoms with Crippen molar-refractivity contribution in [3.05, 3.63) is 52.8 Å². The van der Waals surface area contributed by atoms with E-state index in [-0.39, 0.29) is 0 Å². The molecule has 3 rings (SSSR count). The maximum Gasteiger partial charge on any atom is 0.140 e. The summed E-state index contributed by atoms with van der Waals surface area (Å²) in [6, 6.07) is 11.0. The predicted octanol–water partition coefficient (Wildman–Crippen LogP) is 2.93. The second-order valence-corrected chi connectivity index (χ2v) is 5.77. The molecule has 4 heteroatoms. The van der Waals surface area contributed by atoms with E-state index >= 15 is 0 Å². The van der Waals surface area contributed by atoms with E-state index in [1.165, 1.54) is 29.7 Å². The van der Waals surface area contributed by atoms with Crippen LogP contribution in [0.5, 0.6) is 0 Å². The van der Waals surface area contributed by atoms with Gasteiger partial charge in [-0.05, 0) is 32.3 Å². The molecule has 0 aliphatic heterocycles. The third-order valence-corrected chi connectivity index (χ3v) is 4.00. The van der Waals surface area contributed by atoms with E-state index in [9.17, 15) is 0 Å². The Morgan fingerprint density at radius 3 is 2.71 bits per heavy atom. The molecule has 4 nitrogen and oxygen atoms in total. The van der Waals surface area contributed by atoms with Gasteiger partial charge in [0, 0.05) is 23.8 Å². The first kappa shape index (κ1) is 14.3. The molecule has 1 aliphatic rings. The number of benzene rings is 1. The molecule has 0 bridgehead atoms. The van der Waals surface area contributed by atoms with Crippen LogP contribution in [0.3, 0.4) is 0 Å². The summed E-state index contributed by atoms with van der Waals surface area (Å²) in [5, 5.41) is 8.15. The Labute approximate surface area is 126 Å². The monoisotopic (exact) mass is 285 g/mol. The SMILES string of the molecule is Cc1nn(COCc2ccccc2)c(C)c1CNC1CC1. The summed E-state index contributed by atoms with van der Waals surface area (Å²) in [4.78, 5) is 0. The molecule has 1 aromatic heterocycles. The quantitative estimate of drug-likeness (QED) is 0.850. The molecule has 112 valence electrons. The maximum atomic E-state index is 5.77. The van der Waals surface area contributed by atoms with Crippen LogP contribution in [0.2, 0.25) is 0 Å². The van der Waals surface area contributed by atoms with Crippen LogP contribution in [0.15, 0.2) is 30.3 Å². The fraction of sp³-hybridized carbons (Fsp3) is 0.471. The van der Waals surface area contributed by atoms with Crippen LogP contribution >= 0.6 is 0 Å². The van der Waals surface area contributed by atoms with Gasteiger partial charge in [0.1, 0.15) is 6.73 Å². The summed E-state index contributed by atoms with van der Waals surface area (Å²) in [7, 11) is 0. The third-order valence-electron chi connectivity index (χ3n) is 4.00. The second kappa shape index (κ2) is 6.41. The van der Waals surface area contributed by atoms with E-state index in [0.717, 1.165) is 18.3 Å². The number of aromatic nitrogens is 2. The molecule has 1 fully saturated rings. The lowest BCUT2D eigenvalue weighted by Gasteiger charge is -2.07. The highest BCUT2D eigenvalue weighted by molar-refractivity contribution is 5.24. The fourth-order valence-corrected chi connectivity index (χ4v) is 2.47. The van der Waals surface area contributed by atoms with Crippen LogP contribution < -0.4 is 5.32 Å². The Bertz CT molecular complexity index is 588. The normalized spacial score (nSPS) is 14.6. The van der Waals surface area contributed by atoms with Gasteiger partial charge in [-0.15, -0.1) is 0 Å². The summed E-state index contributed by atoms with van der Waals surface area (Å²) in [6.45, 7) is 6.24. The van der Waals surface area contributed by atoms with E-state index in [1.807, 2.05) is 22.9 Å². The number of aryl methyl sites for hydroxylation is 1. The highest BCUT2D eigenvalue weighted by Crippen LogP contribution is 2.21. The van der Waals surface area contributed by atoms with Gasteiger partial charge in [-0.2, -0.15) is 5.10 Å². The average Bonchev–Trinajstić information content (AvgIpc) is 3.27. The number of rotatable bonds is 7. The van der Waals surface area contributed by atoms with Crippen molar-refractivity contribution in [1.29, 1.82) is 0 Å². The van der Waals surface area contributed by atoms with Gasteiger partial charge in [-0.25, -0.2) is 4.68 Å². The summed E-state index contributed by atoms with van der Waals surface area (Å²) in [5.41, 5.74) is 4.80. The molecule has 1 aromatic carbocycles. The van der Waals surface area contributed by atoms with Gasteiger partial charge in [0.25, 0.3) is 0 Å². The molecule has 0 radical (unpaired) electrons. The highest BCUT2D eigenvalue weighted by atomic mass is 16.5. The van der Waals surface area contributed by atoms with Crippen molar-refractivity contribution in [2.75, 3.05) is 0 Å². The van der Waals surface area contributed by atoms with Crippen molar-refractivity contribution in [2.45, 2.75) is 52.6 Å². The third kappa shape index (κ3) is 3.71. The Morgan fingerprint density at radius 1 is 1.24 bits per heavy atom. The summed E-state index contributed by atoms with van der Waals surface area (Å²) in [6.07, 6.45) is 2.62. The predicted molar refractivity (Wildman–Crippen MR) is 82.8 cm³/mol. The first-order chi connectivity index (χ1) is 10.2. The smallest absolute Gasteiger partial charge is 0.140 e. The molecule has 21 heavy (non-hydrogen) atoms. The number of ether oxygens (including phenoxy) is 1. The zero-order chi connectivity index (χ0) is 14.7. The van der Waals surface area contributed by atoms with E-state index < -0.39 is 0 Å². The molecule has 1 heterocycles. The second-order valence-electron chi connectivity index (χ2n) is 5.77. The summed E-state index contributed by atoms with van der Waals surface area (Å²) < 4.78 is 7.73. The van der Waals surface area contributed by atoms with Gasteiger partial charge in [0.15, 0.2) is 0 Å². The Balaban J connectivity index is 1.56. The number of hydrogen-bond donors (Lipinski definition) is 1. The van der Waals surface area contributed by atoms with E-state index in [0.29, 0.717) is 13.3 Å². The first-order valence-electron chi connectivity index (χ1n) is 7.62. The van der Waals surface area contributed by atoms with Gasteiger partial charge in [-0.3, -0.25) is 0 Å². The maximum absolute atomic E-state index is 5.77. The lowest BCUT2D eigenvalue weighted by Crippen LogP contribution is -2.16. The zero-order valence-electron chi connectivity index (χ0n) is 12.8. The molecule has 0 amide bonds.